The summed E-state index contributed by atoms with van der Waals surface area (Å²) in [5, 5.41) is 0. The lowest BCUT2D eigenvalue weighted by Gasteiger charge is -2.37. The topological polar surface area (TPSA) is 73.2 Å². The van der Waals surface area contributed by atoms with Crippen molar-refractivity contribution in [3.05, 3.63) is 36.3 Å². The van der Waals surface area contributed by atoms with Crippen molar-refractivity contribution >= 4 is 0 Å². The summed E-state index contributed by atoms with van der Waals surface area (Å²) in [6, 6.07) is 5.54. The maximum atomic E-state index is 12.1. The van der Waals surface area contributed by atoms with Crippen LogP contribution in [0.2, 0.25) is 0 Å². The number of alkyl halides is 3. The highest BCUT2D eigenvalue weighted by molar-refractivity contribution is 5.59. The first-order valence-corrected chi connectivity index (χ1v) is 6.60. The molecular formula is C14H14F3N3O2. The molecule has 0 atom stereocenters. The summed E-state index contributed by atoms with van der Waals surface area (Å²) in [6.07, 6.45) is -2.44. The zero-order chi connectivity index (χ0) is 15.8. The van der Waals surface area contributed by atoms with Crippen LogP contribution in [0.4, 0.5) is 13.2 Å². The van der Waals surface area contributed by atoms with Crippen LogP contribution < -0.4 is 10.5 Å². The number of hydrogen-bond acceptors (Lipinski definition) is 4. The second-order valence-electron chi connectivity index (χ2n) is 5.34. The standard InChI is InChI=1S/C14H14F3N3O2/c15-14(16,17)22-10-3-1-9(2-4-10)11-6-19-12(20-11)5-13(18)7-21-8-13/h1-4,6H,5,7-8,18H2,(H,19,20). The number of nitrogens with two attached hydrogens (primary N) is 1. The maximum Gasteiger partial charge on any atom is 0.573 e. The van der Waals surface area contributed by atoms with Gasteiger partial charge in [0, 0.05) is 18.2 Å². The first-order valence-electron chi connectivity index (χ1n) is 6.60. The molecule has 1 saturated heterocycles. The molecule has 3 rings (SSSR count). The van der Waals surface area contributed by atoms with Gasteiger partial charge in [0.15, 0.2) is 0 Å². The number of hydrogen-bond donors (Lipinski definition) is 2. The van der Waals surface area contributed by atoms with Crippen LogP contribution in [0.1, 0.15) is 5.82 Å². The molecule has 0 aliphatic carbocycles. The van der Waals surface area contributed by atoms with Gasteiger partial charge in [-0.3, -0.25) is 0 Å². The fourth-order valence-corrected chi connectivity index (χ4v) is 2.23. The molecule has 1 aromatic carbocycles. The van der Waals surface area contributed by atoms with Crippen LogP contribution in [0.5, 0.6) is 5.75 Å². The van der Waals surface area contributed by atoms with Gasteiger partial charge in [0.25, 0.3) is 0 Å². The minimum absolute atomic E-state index is 0.264. The van der Waals surface area contributed by atoms with Gasteiger partial charge in [-0.15, -0.1) is 13.2 Å². The largest absolute Gasteiger partial charge is 0.573 e. The van der Waals surface area contributed by atoms with Crippen LogP contribution in [0.15, 0.2) is 30.5 Å². The van der Waals surface area contributed by atoms with Crippen LogP contribution in [-0.4, -0.2) is 35.1 Å². The molecule has 2 heterocycles. The van der Waals surface area contributed by atoms with Crippen LogP contribution in [0, 0.1) is 0 Å². The van der Waals surface area contributed by atoms with E-state index in [-0.39, 0.29) is 11.3 Å². The number of benzene rings is 1. The lowest BCUT2D eigenvalue weighted by Crippen LogP contribution is -2.59. The Morgan fingerprint density at radius 2 is 1.95 bits per heavy atom. The van der Waals surface area contributed by atoms with E-state index in [0.29, 0.717) is 30.9 Å². The van der Waals surface area contributed by atoms with Gasteiger partial charge in [0.2, 0.25) is 0 Å². The van der Waals surface area contributed by atoms with Gasteiger partial charge in [-0.2, -0.15) is 0 Å². The van der Waals surface area contributed by atoms with Crippen molar-refractivity contribution in [2.75, 3.05) is 13.2 Å². The Morgan fingerprint density at radius 1 is 1.27 bits per heavy atom. The Kier molecular flexibility index (Phi) is 3.57. The van der Waals surface area contributed by atoms with E-state index in [1.54, 1.807) is 6.20 Å². The summed E-state index contributed by atoms with van der Waals surface area (Å²) in [5.74, 6) is 0.455. The summed E-state index contributed by atoms with van der Waals surface area (Å²) in [4.78, 5) is 7.42. The first-order chi connectivity index (χ1) is 10.3. The van der Waals surface area contributed by atoms with Crippen molar-refractivity contribution in [1.29, 1.82) is 0 Å². The maximum absolute atomic E-state index is 12.1. The molecule has 22 heavy (non-hydrogen) atoms. The summed E-state index contributed by atoms with van der Waals surface area (Å²) in [5.41, 5.74) is 6.99. The third-order valence-electron chi connectivity index (χ3n) is 3.31. The van der Waals surface area contributed by atoms with E-state index in [1.807, 2.05) is 0 Å². The van der Waals surface area contributed by atoms with Gasteiger partial charge in [0.1, 0.15) is 11.6 Å². The van der Waals surface area contributed by atoms with Crippen molar-refractivity contribution in [3.63, 3.8) is 0 Å². The molecule has 2 aromatic rings. The predicted molar refractivity (Wildman–Crippen MR) is 72.1 cm³/mol. The molecular weight excluding hydrogens is 299 g/mol. The van der Waals surface area contributed by atoms with E-state index in [9.17, 15) is 13.2 Å². The number of halogens is 3. The number of imidazole rings is 1. The summed E-state index contributed by atoms with van der Waals surface area (Å²) in [6.45, 7) is 0.985. The quantitative estimate of drug-likeness (QED) is 0.908. The number of aromatic amines is 1. The average molecular weight is 313 g/mol. The lowest BCUT2D eigenvalue weighted by atomic mass is 9.94. The molecule has 1 fully saturated rings. The fraction of sp³-hybridized carbons (Fsp3) is 0.357. The van der Waals surface area contributed by atoms with Gasteiger partial charge < -0.3 is 20.2 Å². The van der Waals surface area contributed by atoms with Crippen LogP contribution >= 0.6 is 0 Å². The molecule has 0 unspecified atom stereocenters. The highest BCUT2D eigenvalue weighted by Gasteiger charge is 2.35. The predicted octanol–water partition coefficient (Wildman–Crippen LogP) is 2.25. The fourth-order valence-electron chi connectivity index (χ4n) is 2.23. The second-order valence-corrected chi connectivity index (χ2v) is 5.34. The summed E-state index contributed by atoms with van der Waals surface area (Å²) < 4.78 is 45.2. The van der Waals surface area contributed by atoms with E-state index in [1.165, 1.54) is 24.3 Å². The molecule has 0 bridgehead atoms. The van der Waals surface area contributed by atoms with Crippen LogP contribution in [0.3, 0.4) is 0 Å². The molecule has 1 aliphatic heterocycles. The van der Waals surface area contributed by atoms with Crippen molar-refractivity contribution in [2.24, 2.45) is 5.73 Å². The molecule has 3 N–H and O–H groups in total. The highest BCUT2D eigenvalue weighted by atomic mass is 19.4. The van der Waals surface area contributed by atoms with Crippen molar-refractivity contribution in [2.45, 2.75) is 18.3 Å². The zero-order valence-electron chi connectivity index (χ0n) is 11.5. The van der Waals surface area contributed by atoms with Gasteiger partial charge in [0.05, 0.1) is 24.4 Å². The Bertz CT molecular complexity index is 648. The average Bonchev–Trinajstić information content (AvgIpc) is 2.84. The third kappa shape index (κ3) is 3.40. The zero-order valence-corrected chi connectivity index (χ0v) is 11.5. The van der Waals surface area contributed by atoms with E-state index >= 15 is 0 Å². The summed E-state index contributed by atoms with van der Waals surface area (Å²) in [7, 11) is 0. The molecule has 1 aliphatic rings. The molecule has 1 aromatic heterocycles. The Balaban J connectivity index is 1.70. The Labute approximate surface area is 124 Å². The highest BCUT2D eigenvalue weighted by Crippen LogP contribution is 2.26. The smallest absolute Gasteiger partial charge is 0.406 e. The SMILES string of the molecule is NC1(Cc2nc(-c3ccc(OC(F)(F)F)cc3)c[nH]2)COC1. The minimum atomic E-state index is -4.69. The summed E-state index contributed by atoms with van der Waals surface area (Å²) >= 11 is 0. The molecule has 0 amide bonds. The number of rotatable bonds is 4. The number of aromatic nitrogens is 2. The number of nitrogens with zero attached hydrogens (tertiary/aromatic N) is 1. The van der Waals surface area contributed by atoms with Crippen LogP contribution in [0.25, 0.3) is 11.3 Å². The molecule has 8 heteroatoms. The van der Waals surface area contributed by atoms with Gasteiger partial charge >= 0.3 is 6.36 Å². The van der Waals surface area contributed by atoms with E-state index < -0.39 is 6.36 Å². The molecule has 0 saturated carbocycles. The molecule has 5 nitrogen and oxygen atoms in total. The molecule has 0 spiro atoms. The second kappa shape index (κ2) is 5.29. The van der Waals surface area contributed by atoms with Crippen molar-refractivity contribution in [1.82, 2.24) is 9.97 Å². The Morgan fingerprint density at radius 3 is 2.50 bits per heavy atom. The van der Waals surface area contributed by atoms with Gasteiger partial charge in [-0.05, 0) is 24.3 Å². The van der Waals surface area contributed by atoms with E-state index in [2.05, 4.69) is 14.7 Å². The van der Waals surface area contributed by atoms with Gasteiger partial charge in [-0.25, -0.2) is 4.98 Å². The van der Waals surface area contributed by atoms with Crippen molar-refractivity contribution < 1.29 is 22.6 Å². The molecule has 0 radical (unpaired) electrons. The number of ether oxygens (including phenoxy) is 2. The third-order valence-corrected chi connectivity index (χ3v) is 3.31. The van der Waals surface area contributed by atoms with E-state index in [0.717, 1.165) is 5.82 Å². The van der Waals surface area contributed by atoms with Gasteiger partial charge in [-0.1, -0.05) is 0 Å². The number of nitrogens with one attached hydrogen (secondary N) is 1. The Hall–Kier alpha value is -2.06. The van der Waals surface area contributed by atoms with Crippen LogP contribution in [-0.2, 0) is 11.2 Å². The van der Waals surface area contributed by atoms with E-state index in [4.69, 9.17) is 10.5 Å². The normalized spacial score (nSPS) is 17.1. The number of H-pyrrole nitrogens is 1. The lowest BCUT2D eigenvalue weighted by molar-refractivity contribution is -0.274. The van der Waals surface area contributed by atoms with Crippen molar-refractivity contribution in [3.8, 4) is 17.0 Å². The minimum Gasteiger partial charge on any atom is -0.406 e. The molecule has 118 valence electrons. The first kappa shape index (κ1) is 14.9. The monoisotopic (exact) mass is 313 g/mol.